The van der Waals surface area contributed by atoms with Gasteiger partial charge in [0.1, 0.15) is 17.1 Å². The van der Waals surface area contributed by atoms with E-state index < -0.39 is 0 Å². The number of ether oxygens (including phenoxy) is 1. The Morgan fingerprint density at radius 2 is 1.92 bits per heavy atom. The molecule has 0 bridgehead atoms. The molecule has 2 aromatic rings. The van der Waals surface area contributed by atoms with Gasteiger partial charge in [-0.05, 0) is 49.3 Å². The van der Waals surface area contributed by atoms with Crippen molar-refractivity contribution in [1.29, 1.82) is 0 Å². The molecule has 1 amide bonds. The maximum Gasteiger partial charge on any atom is 0.226 e. The number of carbonyl (C=O) groups is 1. The van der Waals surface area contributed by atoms with Crippen LogP contribution < -0.4 is 10.1 Å². The van der Waals surface area contributed by atoms with Gasteiger partial charge in [-0.1, -0.05) is 35.3 Å². The first-order valence-electron chi connectivity index (χ1n) is 9.38. The summed E-state index contributed by atoms with van der Waals surface area (Å²) < 4.78 is 9.97. The molecular weight excluding hydrogens is 330 g/mol. The lowest BCUT2D eigenvalue weighted by molar-refractivity contribution is -0.124. The fourth-order valence-corrected chi connectivity index (χ4v) is 4.74. The van der Waals surface area contributed by atoms with Crippen molar-refractivity contribution >= 4 is 5.91 Å². The number of benzene rings is 1. The second-order valence-corrected chi connectivity index (χ2v) is 7.48. The second kappa shape index (κ2) is 7.09. The predicted octanol–water partition coefficient (Wildman–Crippen LogP) is 3.02. The summed E-state index contributed by atoms with van der Waals surface area (Å²) in [6, 6.07) is 8.49. The number of nitrogens with one attached hydrogen (secondary N) is 1. The quantitative estimate of drug-likeness (QED) is 0.892. The van der Waals surface area contributed by atoms with E-state index in [4.69, 9.17) is 9.37 Å². The van der Waals surface area contributed by atoms with Crippen molar-refractivity contribution in [3.05, 3.63) is 41.2 Å². The Morgan fingerprint density at radius 1 is 1.19 bits per heavy atom. The number of fused-ring (bicyclic) bond motifs is 1. The van der Waals surface area contributed by atoms with Crippen LogP contribution in [0.3, 0.4) is 0 Å². The number of hydrogen-bond donors (Lipinski definition) is 1. The molecule has 6 heteroatoms. The first-order valence-corrected chi connectivity index (χ1v) is 9.38. The van der Waals surface area contributed by atoms with Crippen molar-refractivity contribution in [2.24, 2.45) is 11.8 Å². The molecule has 2 saturated carbocycles. The normalized spacial score (nSPS) is 27.3. The zero-order valence-electron chi connectivity index (χ0n) is 15.3. The number of nitrogens with zero attached hydrogens (tertiary/aromatic N) is 2. The van der Waals surface area contributed by atoms with Crippen LogP contribution in [0, 0.1) is 18.8 Å². The molecule has 1 aromatic carbocycles. The smallest absolute Gasteiger partial charge is 0.226 e. The van der Waals surface area contributed by atoms with Gasteiger partial charge in [0.25, 0.3) is 0 Å². The lowest BCUT2D eigenvalue weighted by atomic mass is 9.53. The van der Waals surface area contributed by atoms with E-state index in [0.29, 0.717) is 29.1 Å². The molecule has 4 atom stereocenters. The van der Waals surface area contributed by atoms with Crippen LogP contribution in [0.5, 0.6) is 5.75 Å². The molecule has 1 N–H and O–H groups in total. The lowest BCUT2D eigenvalue weighted by Crippen LogP contribution is -2.59. The minimum atomic E-state index is -0.00339. The molecule has 1 heterocycles. The number of carbonyl (C=O) groups excluding carboxylic acids is 1. The number of aromatic nitrogens is 2. The van der Waals surface area contributed by atoms with E-state index in [9.17, 15) is 4.79 Å². The summed E-state index contributed by atoms with van der Waals surface area (Å²) in [6.07, 6.45) is 5.22. The Balaban J connectivity index is 1.49. The van der Waals surface area contributed by atoms with Gasteiger partial charge in [0, 0.05) is 12.0 Å². The van der Waals surface area contributed by atoms with E-state index in [1.807, 2.05) is 12.1 Å². The van der Waals surface area contributed by atoms with Gasteiger partial charge in [0.05, 0.1) is 13.5 Å². The van der Waals surface area contributed by atoms with E-state index in [-0.39, 0.29) is 18.4 Å². The van der Waals surface area contributed by atoms with E-state index in [1.54, 1.807) is 14.0 Å². The van der Waals surface area contributed by atoms with Gasteiger partial charge in [-0.25, -0.2) is 4.63 Å². The SMILES string of the molecule is COc1ccc([C@H]2C3CCCCC3[C@@H]2NC(=O)Cc2nonc2C)cc1. The molecule has 0 radical (unpaired) electrons. The van der Waals surface area contributed by atoms with E-state index in [0.717, 1.165) is 5.75 Å². The van der Waals surface area contributed by atoms with Crippen LogP contribution in [-0.4, -0.2) is 29.4 Å². The van der Waals surface area contributed by atoms with Gasteiger partial charge in [-0.15, -0.1) is 0 Å². The van der Waals surface area contributed by atoms with Crippen molar-refractivity contribution in [2.45, 2.75) is 51.0 Å². The Morgan fingerprint density at radius 3 is 2.58 bits per heavy atom. The molecule has 0 saturated heterocycles. The molecule has 138 valence electrons. The molecule has 4 rings (SSSR count). The summed E-state index contributed by atoms with van der Waals surface area (Å²) in [7, 11) is 1.68. The summed E-state index contributed by atoms with van der Waals surface area (Å²) in [5.74, 6) is 2.49. The Bertz CT molecular complexity index is 771. The highest BCUT2D eigenvalue weighted by Crippen LogP contribution is 2.54. The largest absolute Gasteiger partial charge is 0.497 e. The van der Waals surface area contributed by atoms with Gasteiger partial charge in [0.15, 0.2) is 0 Å². The van der Waals surface area contributed by atoms with Crippen LogP contribution in [0.1, 0.15) is 48.6 Å². The highest BCUT2D eigenvalue weighted by Gasteiger charge is 2.51. The van der Waals surface area contributed by atoms with Crippen LogP contribution >= 0.6 is 0 Å². The molecule has 26 heavy (non-hydrogen) atoms. The third-order valence-corrected chi connectivity index (χ3v) is 6.09. The second-order valence-electron chi connectivity index (χ2n) is 7.48. The van der Waals surface area contributed by atoms with Crippen LogP contribution in [0.15, 0.2) is 28.9 Å². The van der Waals surface area contributed by atoms with E-state index in [1.165, 1.54) is 31.2 Å². The first-order chi connectivity index (χ1) is 12.7. The minimum Gasteiger partial charge on any atom is -0.497 e. The average Bonchev–Trinajstić information content (AvgIpc) is 3.05. The Labute approximate surface area is 153 Å². The molecule has 2 aliphatic rings. The molecule has 2 fully saturated rings. The van der Waals surface area contributed by atoms with Gasteiger partial charge in [0.2, 0.25) is 5.91 Å². The molecular formula is C20H25N3O3. The molecule has 0 spiro atoms. The zero-order chi connectivity index (χ0) is 18.1. The summed E-state index contributed by atoms with van der Waals surface area (Å²) >= 11 is 0. The van der Waals surface area contributed by atoms with Gasteiger partial charge >= 0.3 is 0 Å². The number of amides is 1. The maximum atomic E-state index is 12.6. The molecule has 0 aliphatic heterocycles. The van der Waals surface area contributed by atoms with E-state index in [2.05, 4.69) is 27.8 Å². The summed E-state index contributed by atoms with van der Waals surface area (Å²) in [5.41, 5.74) is 2.58. The Hall–Kier alpha value is -2.37. The molecule has 2 aliphatic carbocycles. The van der Waals surface area contributed by atoms with Crippen molar-refractivity contribution < 1.29 is 14.2 Å². The maximum absolute atomic E-state index is 12.6. The average molecular weight is 355 g/mol. The zero-order valence-corrected chi connectivity index (χ0v) is 15.3. The summed E-state index contributed by atoms with van der Waals surface area (Å²) in [4.78, 5) is 12.6. The van der Waals surface area contributed by atoms with Gasteiger partial charge in [-0.3, -0.25) is 4.79 Å². The topological polar surface area (TPSA) is 77.2 Å². The predicted molar refractivity (Wildman–Crippen MR) is 95.9 cm³/mol. The number of methoxy groups -OCH3 is 1. The highest BCUT2D eigenvalue weighted by atomic mass is 16.6. The third-order valence-electron chi connectivity index (χ3n) is 6.09. The summed E-state index contributed by atoms with van der Waals surface area (Å²) in [6.45, 7) is 1.81. The van der Waals surface area contributed by atoms with Crippen molar-refractivity contribution in [3.63, 3.8) is 0 Å². The van der Waals surface area contributed by atoms with Crippen LogP contribution in [0.2, 0.25) is 0 Å². The number of aryl methyl sites for hydroxylation is 1. The van der Waals surface area contributed by atoms with Crippen molar-refractivity contribution in [3.8, 4) is 5.75 Å². The van der Waals surface area contributed by atoms with Gasteiger partial charge < -0.3 is 10.1 Å². The minimum absolute atomic E-state index is 0.00339. The van der Waals surface area contributed by atoms with Crippen molar-refractivity contribution in [2.75, 3.05) is 7.11 Å². The number of hydrogen-bond acceptors (Lipinski definition) is 5. The van der Waals surface area contributed by atoms with Crippen LogP contribution in [0.25, 0.3) is 0 Å². The monoisotopic (exact) mass is 355 g/mol. The number of rotatable bonds is 5. The van der Waals surface area contributed by atoms with Crippen molar-refractivity contribution in [1.82, 2.24) is 15.6 Å². The highest BCUT2D eigenvalue weighted by molar-refractivity contribution is 5.79. The Kier molecular flexibility index (Phi) is 4.66. The van der Waals surface area contributed by atoms with E-state index >= 15 is 0 Å². The third kappa shape index (κ3) is 3.08. The van der Waals surface area contributed by atoms with Crippen LogP contribution in [-0.2, 0) is 11.2 Å². The standard InChI is InChI=1S/C20H25N3O3/c1-12-17(23-26-22-12)11-18(24)21-20-16-6-4-3-5-15(16)19(20)13-7-9-14(25-2)10-8-13/h7-10,15-16,19-20H,3-6,11H2,1-2H3,(H,21,24)/t15?,16?,19-,20-/m0/s1. The first kappa shape index (κ1) is 17.1. The fourth-order valence-electron chi connectivity index (χ4n) is 4.74. The fraction of sp³-hybridized carbons (Fsp3) is 0.550. The van der Waals surface area contributed by atoms with Crippen LogP contribution in [0.4, 0.5) is 0 Å². The molecule has 6 nitrogen and oxygen atoms in total. The molecule has 1 aromatic heterocycles. The molecule has 2 unspecified atom stereocenters. The summed E-state index contributed by atoms with van der Waals surface area (Å²) in [5, 5.41) is 10.9. The van der Waals surface area contributed by atoms with Gasteiger partial charge in [-0.2, -0.15) is 0 Å². The lowest BCUT2D eigenvalue weighted by Gasteiger charge is -2.55.